The zero-order valence-corrected chi connectivity index (χ0v) is 19.8. The second kappa shape index (κ2) is 9.52. The van der Waals surface area contributed by atoms with Crippen LogP contribution in [0.25, 0.3) is 5.69 Å². The lowest BCUT2D eigenvalue weighted by atomic mass is 10.0. The number of nitriles is 1. The summed E-state index contributed by atoms with van der Waals surface area (Å²) < 4.78 is 7.63. The van der Waals surface area contributed by atoms with Crippen LogP contribution in [0.5, 0.6) is 0 Å². The van der Waals surface area contributed by atoms with Gasteiger partial charge in [0.05, 0.1) is 18.4 Å². The van der Waals surface area contributed by atoms with Gasteiger partial charge in [0.25, 0.3) is 0 Å². The van der Waals surface area contributed by atoms with Crippen LogP contribution in [0.3, 0.4) is 0 Å². The highest BCUT2D eigenvalue weighted by Gasteiger charge is 2.42. The van der Waals surface area contributed by atoms with Gasteiger partial charge in [-0.15, -0.1) is 0 Å². The average Bonchev–Trinajstić information content (AvgIpc) is 3.26. The normalized spacial score (nSPS) is 17.9. The minimum atomic E-state index is -1.14. The van der Waals surface area contributed by atoms with Crippen molar-refractivity contribution >= 4 is 50.7 Å². The maximum absolute atomic E-state index is 12.8. The molecule has 1 aliphatic rings. The zero-order chi connectivity index (χ0) is 23.5. The molecule has 0 saturated carbocycles. The summed E-state index contributed by atoms with van der Waals surface area (Å²) in [6.07, 6.45) is 0.792. The highest BCUT2D eigenvalue weighted by atomic mass is 79.9. The van der Waals surface area contributed by atoms with Gasteiger partial charge in [-0.05, 0) is 43.3 Å². The molecule has 0 radical (unpaired) electrons. The molecule has 0 bridgehead atoms. The van der Waals surface area contributed by atoms with Crippen molar-refractivity contribution in [3.05, 3.63) is 76.5 Å². The van der Waals surface area contributed by atoms with Crippen LogP contribution in [0.1, 0.15) is 29.1 Å². The molecule has 0 spiro atoms. The molecule has 3 aromatic rings. The summed E-state index contributed by atoms with van der Waals surface area (Å²) in [6.45, 7) is 1.87. The van der Waals surface area contributed by atoms with E-state index in [1.165, 1.54) is 0 Å². The van der Waals surface area contributed by atoms with Crippen molar-refractivity contribution in [3.63, 3.8) is 0 Å². The topological polar surface area (TPSA) is 100 Å². The van der Waals surface area contributed by atoms with E-state index in [0.717, 1.165) is 10.2 Å². The minimum absolute atomic E-state index is 0.0475. The minimum Gasteiger partial charge on any atom is -0.461 e. The summed E-state index contributed by atoms with van der Waals surface area (Å²) in [4.78, 5) is 27.3. The lowest BCUT2D eigenvalue weighted by Crippen LogP contribution is -2.55. The maximum Gasteiger partial charge on any atom is 0.359 e. The van der Waals surface area contributed by atoms with Gasteiger partial charge in [0, 0.05) is 21.9 Å². The number of nitrogens with one attached hydrogen (secondary N) is 1. The van der Waals surface area contributed by atoms with Gasteiger partial charge in [-0.1, -0.05) is 46.3 Å². The number of ether oxygens (including phenoxy) is 1. The van der Waals surface area contributed by atoms with Crippen LogP contribution in [0.2, 0.25) is 0 Å². The number of carbonyl (C=O) groups is 2. The molecule has 2 aromatic carbocycles. The van der Waals surface area contributed by atoms with Gasteiger partial charge in [0.2, 0.25) is 5.91 Å². The summed E-state index contributed by atoms with van der Waals surface area (Å²) in [5.41, 5.74) is 1.82. The summed E-state index contributed by atoms with van der Waals surface area (Å²) in [5, 5.41) is 16.8. The third kappa shape index (κ3) is 4.37. The van der Waals surface area contributed by atoms with Crippen molar-refractivity contribution in [1.29, 1.82) is 5.26 Å². The van der Waals surface area contributed by atoms with Crippen molar-refractivity contribution in [1.82, 2.24) is 15.1 Å². The number of nitrogens with zero attached hydrogens (tertiary/aromatic N) is 4. The third-order valence-corrected chi connectivity index (χ3v) is 6.01. The van der Waals surface area contributed by atoms with Crippen LogP contribution in [0.4, 0.5) is 5.69 Å². The van der Waals surface area contributed by atoms with E-state index < -0.39 is 24.0 Å². The molecule has 8 nitrogen and oxygen atoms in total. The first-order chi connectivity index (χ1) is 15.9. The first-order valence-corrected chi connectivity index (χ1v) is 11.3. The van der Waals surface area contributed by atoms with Gasteiger partial charge in [-0.3, -0.25) is 4.79 Å². The van der Waals surface area contributed by atoms with Crippen LogP contribution in [-0.2, 0) is 9.53 Å². The molecule has 10 heteroatoms. The first kappa shape index (κ1) is 22.6. The largest absolute Gasteiger partial charge is 0.461 e. The lowest BCUT2D eigenvalue weighted by Gasteiger charge is -2.39. The number of para-hydroxylation sites is 1. The van der Waals surface area contributed by atoms with Crippen molar-refractivity contribution < 1.29 is 14.3 Å². The van der Waals surface area contributed by atoms with Gasteiger partial charge in [-0.2, -0.15) is 10.4 Å². The van der Waals surface area contributed by atoms with Crippen LogP contribution >= 0.6 is 28.1 Å². The number of hydrogen-bond acceptors (Lipinski definition) is 6. The van der Waals surface area contributed by atoms with E-state index in [4.69, 9.17) is 17.0 Å². The number of halogens is 1. The molecule has 1 aliphatic heterocycles. The van der Waals surface area contributed by atoms with Crippen molar-refractivity contribution in [2.45, 2.75) is 13.1 Å². The van der Waals surface area contributed by atoms with Crippen LogP contribution in [0.15, 0.2) is 65.3 Å². The Morgan fingerprint density at radius 3 is 2.55 bits per heavy atom. The number of benzene rings is 2. The van der Waals surface area contributed by atoms with E-state index in [1.54, 1.807) is 34.8 Å². The van der Waals surface area contributed by atoms with Crippen LogP contribution in [0, 0.1) is 17.2 Å². The van der Waals surface area contributed by atoms with Gasteiger partial charge < -0.3 is 15.0 Å². The van der Waals surface area contributed by atoms with Crippen molar-refractivity contribution in [2.75, 3.05) is 11.5 Å². The highest BCUT2D eigenvalue weighted by Crippen LogP contribution is 2.34. The Labute approximate surface area is 203 Å². The van der Waals surface area contributed by atoms with Crippen LogP contribution in [-0.4, -0.2) is 33.3 Å². The van der Waals surface area contributed by atoms with E-state index in [2.05, 4.69) is 26.3 Å². The quantitative estimate of drug-likeness (QED) is 0.399. The van der Waals surface area contributed by atoms with E-state index in [-0.39, 0.29) is 17.3 Å². The molecule has 2 atom stereocenters. The fourth-order valence-corrected chi connectivity index (χ4v) is 4.16. The van der Waals surface area contributed by atoms with Crippen molar-refractivity contribution in [2.24, 2.45) is 5.92 Å². The number of aromatic nitrogens is 2. The van der Waals surface area contributed by atoms with Gasteiger partial charge in [0.15, 0.2) is 11.6 Å². The molecule has 0 unspecified atom stereocenters. The Balaban J connectivity index is 1.88. The molecule has 166 valence electrons. The molecule has 1 N–H and O–H groups in total. The predicted octanol–water partition coefficient (Wildman–Crippen LogP) is 3.91. The van der Waals surface area contributed by atoms with E-state index in [9.17, 15) is 14.9 Å². The number of esters is 1. The SMILES string of the molecule is CCOC(=O)c1nn(-c2ccccc2)cc1[C@@H]1NC(=O)[C@H](C#N)C(=S)N1c1ccc(Br)cc1. The Morgan fingerprint density at radius 1 is 1.21 bits per heavy atom. The molecule has 1 aromatic heterocycles. The molecule has 1 fully saturated rings. The number of hydrogen-bond donors (Lipinski definition) is 1. The summed E-state index contributed by atoms with van der Waals surface area (Å²) in [7, 11) is 0. The highest BCUT2D eigenvalue weighted by molar-refractivity contribution is 9.10. The molecule has 2 heterocycles. The number of rotatable bonds is 5. The summed E-state index contributed by atoms with van der Waals surface area (Å²) in [6, 6.07) is 18.5. The number of amides is 1. The lowest BCUT2D eigenvalue weighted by molar-refractivity contribution is -0.123. The monoisotopic (exact) mass is 523 g/mol. The Bertz CT molecular complexity index is 1250. The van der Waals surface area contributed by atoms with Gasteiger partial charge in [-0.25, -0.2) is 9.48 Å². The average molecular weight is 524 g/mol. The second-order valence-electron chi connectivity index (χ2n) is 7.09. The first-order valence-electron chi connectivity index (χ1n) is 10.0. The smallest absolute Gasteiger partial charge is 0.359 e. The molecule has 1 amide bonds. The summed E-state index contributed by atoms with van der Waals surface area (Å²) in [5.74, 6) is -2.31. The van der Waals surface area contributed by atoms with Gasteiger partial charge >= 0.3 is 5.97 Å². The third-order valence-electron chi connectivity index (χ3n) is 5.04. The number of carbonyl (C=O) groups excluding carboxylic acids is 2. The Kier molecular flexibility index (Phi) is 6.53. The Morgan fingerprint density at radius 2 is 1.91 bits per heavy atom. The van der Waals surface area contributed by atoms with Crippen LogP contribution < -0.4 is 10.2 Å². The number of thiocarbonyl (C=S) groups is 1. The summed E-state index contributed by atoms with van der Waals surface area (Å²) >= 11 is 8.97. The molecule has 1 saturated heterocycles. The molecule has 4 rings (SSSR count). The standard InChI is InChI=1S/C23H18BrN5O3S/c1-2-32-23(31)19-18(13-28(27-19)15-6-4-3-5-7-15)20-26-21(30)17(12-25)22(33)29(20)16-10-8-14(24)9-11-16/h3-11,13,17,20H,2H2,1H3,(H,26,30)/t17-,20+/m0/s1. The van der Waals surface area contributed by atoms with E-state index in [1.807, 2.05) is 48.5 Å². The van der Waals surface area contributed by atoms with Gasteiger partial charge in [0.1, 0.15) is 11.2 Å². The molecular formula is C23H18BrN5O3S. The zero-order valence-electron chi connectivity index (χ0n) is 17.4. The molecular weight excluding hydrogens is 506 g/mol. The molecule has 33 heavy (non-hydrogen) atoms. The Hall–Kier alpha value is -3.55. The van der Waals surface area contributed by atoms with Crippen molar-refractivity contribution in [3.8, 4) is 11.8 Å². The predicted molar refractivity (Wildman–Crippen MR) is 129 cm³/mol. The fraction of sp³-hybridized carbons (Fsp3) is 0.174. The van der Waals surface area contributed by atoms with E-state index in [0.29, 0.717) is 11.3 Å². The second-order valence-corrected chi connectivity index (χ2v) is 8.43. The van der Waals surface area contributed by atoms with E-state index >= 15 is 0 Å². The fourth-order valence-electron chi connectivity index (χ4n) is 3.53. The molecule has 0 aliphatic carbocycles. The maximum atomic E-state index is 12.8. The number of anilines is 1.